The molecule has 0 aromatic heterocycles. The van der Waals surface area contributed by atoms with Crippen molar-refractivity contribution < 1.29 is 14.5 Å². The number of rotatable bonds is 6. The van der Waals surface area contributed by atoms with Gasteiger partial charge in [0.05, 0.1) is 17.0 Å². The van der Waals surface area contributed by atoms with Gasteiger partial charge in [-0.15, -0.1) is 0 Å². The molecule has 28 heavy (non-hydrogen) atoms. The van der Waals surface area contributed by atoms with Crippen molar-refractivity contribution in [2.24, 2.45) is 0 Å². The van der Waals surface area contributed by atoms with Gasteiger partial charge in [-0.25, -0.2) is 0 Å². The summed E-state index contributed by atoms with van der Waals surface area (Å²) in [4.78, 5) is 38.8. The molecule has 0 spiro atoms. The summed E-state index contributed by atoms with van der Waals surface area (Å²) in [5, 5.41) is 13.9. The minimum Gasteiger partial charge on any atom is -0.377 e. The molecule has 0 fully saturated rings. The maximum atomic E-state index is 12.9. The first-order valence-corrected chi connectivity index (χ1v) is 8.69. The van der Waals surface area contributed by atoms with Gasteiger partial charge in [-0.3, -0.25) is 19.7 Å². The molecule has 0 heterocycles. The zero-order valence-corrected chi connectivity index (χ0v) is 16.6. The Morgan fingerprint density at radius 1 is 1.07 bits per heavy atom. The molecule has 0 aliphatic rings. The van der Waals surface area contributed by atoms with E-state index in [1.807, 2.05) is 32.0 Å². The molecule has 0 saturated heterocycles. The number of aryl methyl sites for hydroxylation is 2. The molecule has 0 radical (unpaired) electrons. The summed E-state index contributed by atoms with van der Waals surface area (Å²) < 4.78 is 0. The lowest BCUT2D eigenvalue weighted by Gasteiger charge is -2.22. The number of hydrogen-bond donors (Lipinski definition) is 1. The maximum Gasteiger partial charge on any atom is 0.270 e. The smallest absolute Gasteiger partial charge is 0.270 e. The van der Waals surface area contributed by atoms with Crippen molar-refractivity contribution in [3.05, 3.63) is 63.2 Å². The zero-order chi connectivity index (χ0) is 21.0. The van der Waals surface area contributed by atoms with E-state index in [4.69, 9.17) is 0 Å². The summed E-state index contributed by atoms with van der Waals surface area (Å²) in [5.41, 5.74) is 3.10. The fourth-order valence-corrected chi connectivity index (χ4v) is 2.88. The number of anilines is 2. The number of carbonyl (C=O) groups is 2. The second-order valence-corrected chi connectivity index (χ2v) is 6.83. The standard InChI is InChI=1S/C20H24N4O4/c1-13-7-6-8-14(2)19(13)21-18(25)12-23(5)20(26)16-11-15(24(27)28)9-10-17(16)22(3)4/h6-11H,12H2,1-5H3,(H,21,25). The van der Waals surface area contributed by atoms with Crippen LogP contribution in [0.2, 0.25) is 0 Å². The molecule has 2 aromatic carbocycles. The maximum absolute atomic E-state index is 12.9. The lowest BCUT2D eigenvalue weighted by Crippen LogP contribution is -2.35. The van der Waals surface area contributed by atoms with Gasteiger partial charge in [-0.2, -0.15) is 0 Å². The number of nitrogens with one attached hydrogen (secondary N) is 1. The molecule has 0 aliphatic heterocycles. The third-order valence-electron chi connectivity index (χ3n) is 4.38. The van der Waals surface area contributed by atoms with E-state index < -0.39 is 10.8 Å². The average molecular weight is 384 g/mol. The van der Waals surface area contributed by atoms with E-state index in [9.17, 15) is 19.7 Å². The summed E-state index contributed by atoms with van der Waals surface area (Å²) in [5.74, 6) is -0.811. The molecule has 2 aromatic rings. The van der Waals surface area contributed by atoms with Crippen molar-refractivity contribution in [3.63, 3.8) is 0 Å². The number of benzene rings is 2. The van der Waals surface area contributed by atoms with Crippen LogP contribution in [0.4, 0.5) is 17.1 Å². The van der Waals surface area contributed by atoms with Crippen molar-refractivity contribution in [2.75, 3.05) is 37.9 Å². The van der Waals surface area contributed by atoms with E-state index in [-0.39, 0.29) is 23.7 Å². The number of hydrogen-bond acceptors (Lipinski definition) is 5. The first kappa shape index (κ1) is 20.9. The number of carbonyl (C=O) groups excluding carboxylic acids is 2. The van der Waals surface area contributed by atoms with Gasteiger partial charge >= 0.3 is 0 Å². The molecule has 2 rings (SSSR count). The third-order valence-corrected chi connectivity index (χ3v) is 4.38. The molecule has 2 amide bonds. The third kappa shape index (κ3) is 4.64. The van der Waals surface area contributed by atoms with Crippen molar-refractivity contribution in [2.45, 2.75) is 13.8 Å². The molecule has 8 heteroatoms. The number of likely N-dealkylation sites (N-methyl/N-ethyl adjacent to an activating group) is 1. The van der Waals surface area contributed by atoms with Gasteiger partial charge in [0.1, 0.15) is 0 Å². The predicted molar refractivity (Wildman–Crippen MR) is 109 cm³/mol. The normalized spacial score (nSPS) is 10.3. The summed E-state index contributed by atoms with van der Waals surface area (Å²) in [6.45, 7) is 3.61. The number of nitro benzene ring substituents is 1. The Morgan fingerprint density at radius 3 is 2.21 bits per heavy atom. The van der Waals surface area contributed by atoms with Crippen molar-refractivity contribution in [1.82, 2.24) is 4.90 Å². The van der Waals surface area contributed by atoms with Crippen LogP contribution in [0.3, 0.4) is 0 Å². The fraction of sp³-hybridized carbons (Fsp3) is 0.300. The highest BCUT2D eigenvalue weighted by atomic mass is 16.6. The number of nitrogens with zero attached hydrogens (tertiary/aromatic N) is 3. The Balaban J connectivity index is 2.21. The molecule has 0 bridgehead atoms. The van der Waals surface area contributed by atoms with Gasteiger partial charge in [-0.05, 0) is 31.0 Å². The molecule has 0 aliphatic carbocycles. The quantitative estimate of drug-likeness (QED) is 0.610. The van der Waals surface area contributed by atoms with Gasteiger partial charge in [0.2, 0.25) is 5.91 Å². The highest BCUT2D eigenvalue weighted by Crippen LogP contribution is 2.25. The van der Waals surface area contributed by atoms with Crippen molar-refractivity contribution in [3.8, 4) is 0 Å². The fourth-order valence-electron chi connectivity index (χ4n) is 2.88. The van der Waals surface area contributed by atoms with Crippen LogP contribution >= 0.6 is 0 Å². The molecular weight excluding hydrogens is 360 g/mol. The van der Waals surface area contributed by atoms with Crippen LogP contribution in [0.15, 0.2) is 36.4 Å². The first-order chi connectivity index (χ1) is 13.1. The molecular formula is C20H24N4O4. The van der Waals surface area contributed by atoms with E-state index >= 15 is 0 Å². The molecule has 8 nitrogen and oxygen atoms in total. The SMILES string of the molecule is Cc1cccc(C)c1NC(=O)CN(C)C(=O)c1cc([N+](=O)[O-])ccc1N(C)C. The van der Waals surface area contributed by atoms with E-state index in [0.717, 1.165) is 16.8 Å². The van der Waals surface area contributed by atoms with Crippen LogP contribution in [-0.2, 0) is 4.79 Å². The van der Waals surface area contributed by atoms with E-state index in [2.05, 4.69) is 5.32 Å². The second kappa shape index (κ2) is 8.51. The highest BCUT2D eigenvalue weighted by Gasteiger charge is 2.22. The van der Waals surface area contributed by atoms with Crippen molar-refractivity contribution >= 4 is 28.9 Å². The van der Waals surface area contributed by atoms with Crippen LogP contribution in [0, 0.1) is 24.0 Å². The molecule has 148 valence electrons. The van der Waals surface area contributed by atoms with Crippen LogP contribution in [-0.4, -0.2) is 49.3 Å². The molecule has 0 atom stereocenters. The summed E-state index contributed by atoms with van der Waals surface area (Å²) in [6.07, 6.45) is 0. The van der Waals surface area contributed by atoms with Gasteiger partial charge in [0.25, 0.3) is 11.6 Å². The van der Waals surface area contributed by atoms with Gasteiger partial charge < -0.3 is 15.1 Å². The van der Waals surface area contributed by atoms with Crippen molar-refractivity contribution in [1.29, 1.82) is 0 Å². The number of amides is 2. The van der Waals surface area contributed by atoms with Gasteiger partial charge in [-0.1, -0.05) is 18.2 Å². The largest absolute Gasteiger partial charge is 0.377 e. The first-order valence-electron chi connectivity index (χ1n) is 8.69. The minimum absolute atomic E-state index is 0.168. The van der Waals surface area contributed by atoms with E-state index in [1.54, 1.807) is 19.0 Å². The van der Waals surface area contributed by atoms with Crippen LogP contribution in [0.5, 0.6) is 0 Å². The Hall–Kier alpha value is -3.42. The predicted octanol–water partition coefficient (Wildman–Crippen LogP) is 2.99. The second-order valence-electron chi connectivity index (χ2n) is 6.83. The molecule has 0 saturated carbocycles. The number of non-ortho nitro benzene ring substituents is 1. The monoisotopic (exact) mass is 384 g/mol. The average Bonchev–Trinajstić information content (AvgIpc) is 2.63. The lowest BCUT2D eigenvalue weighted by atomic mass is 10.1. The highest BCUT2D eigenvalue weighted by molar-refractivity contribution is 6.03. The van der Waals surface area contributed by atoms with Crippen LogP contribution < -0.4 is 10.2 Å². The zero-order valence-electron chi connectivity index (χ0n) is 16.6. The van der Waals surface area contributed by atoms with Crippen LogP contribution in [0.1, 0.15) is 21.5 Å². The van der Waals surface area contributed by atoms with E-state index in [1.165, 1.54) is 30.1 Å². The Bertz CT molecular complexity index is 904. The molecule has 0 unspecified atom stereocenters. The number of nitro groups is 1. The minimum atomic E-state index is -0.552. The summed E-state index contributed by atoms with van der Waals surface area (Å²) in [7, 11) is 4.97. The van der Waals surface area contributed by atoms with E-state index in [0.29, 0.717) is 5.69 Å². The molecule has 1 N–H and O–H groups in total. The lowest BCUT2D eigenvalue weighted by molar-refractivity contribution is -0.384. The van der Waals surface area contributed by atoms with Gasteiger partial charge in [0, 0.05) is 44.7 Å². The van der Waals surface area contributed by atoms with Crippen LogP contribution in [0.25, 0.3) is 0 Å². The Labute approximate surface area is 163 Å². The number of para-hydroxylation sites is 1. The summed E-state index contributed by atoms with van der Waals surface area (Å²) >= 11 is 0. The van der Waals surface area contributed by atoms with Gasteiger partial charge in [0.15, 0.2) is 0 Å². The summed E-state index contributed by atoms with van der Waals surface area (Å²) in [6, 6.07) is 9.79. The topological polar surface area (TPSA) is 95.8 Å². The Kier molecular flexibility index (Phi) is 6.35. The Morgan fingerprint density at radius 2 is 1.68 bits per heavy atom.